The maximum atomic E-state index is 6.08. The van der Waals surface area contributed by atoms with Gasteiger partial charge in [0.2, 0.25) is 5.88 Å². The SMILES string of the molecule is Cc1c(C)n(CC2CC2)c2c(OCc3ccc(Cl)cc3)nccc12.Cl. The van der Waals surface area contributed by atoms with Crippen molar-refractivity contribution < 1.29 is 4.74 Å². The van der Waals surface area contributed by atoms with Crippen LogP contribution in [0.2, 0.25) is 5.02 Å². The molecule has 3 aromatic rings. The second-order valence-electron chi connectivity index (χ2n) is 6.69. The van der Waals surface area contributed by atoms with Gasteiger partial charge in [0.1, 0.15) is 12.1 Å². The number of fused-ring (bicyclic) bond motifs is 1. The summed E-state index contributed by atoms with van der Waals surface area (Å²) in [5, 5.41) is 1.98. The number of nitrogens with zero attached hydrogens (tertiary/aromatic N) is 2. The van der Waals surface area contributed by atoms with Crippen molar-refractivity contribution in [3.05, 3.63) is 58.4 Å². The van der Waals surface area contributed by atoms with Crippen LogP contribution in [0.15, 0.2) is 36.5 Å². The maximum Gasteiger partial charge on any atom is 0.238 e. The van der Waals surface area contributed by atoms with E-state index >= 15 is 0 Å². The van der Waals surface area contributed by atoms with E-state index < -0.39 is 0 Å². The van der Waals surface area contributed by atoms with Crippen LogP contribution in [0.25, 0.3) is 10.9 Å². The van der Waals surface area contributed by atoms with Crippen molar-refractivity contribution in [3.63, 3.8) is 0 Å². The zero-order valence-corrected chi connectivity index (χ0v) is 16.0. The molecule has 0 spiro atoms. The third kappa shape index (κ3) is 3.63. The highest BCUT2D eigenvalue weighted by Crippen LogP contribution is 2.36. The fraction of sp³-hybridized carbons (Fsp3) is 0.350. The average Bonchev–Trinajstić information content (AvgIpc) is 3.38. The predicted molar refractivity (Wildman–Crippen MR) is 105 cm³/mol. The average molecular weight is 377 g/mol. The maximum absolute atomic E-state index is 6.08. The van der Waals surface area contributed by atoms with Crippen LogP contribution in [0.3, 0.4) is 0 Å². The van der Waals surface area contributed by atoms with Gasteiger partial charge in [-0.15, -0.1) is 12.4 Å². The van der Waals surface area contributed by atoms with Crippen molar-refractivity contribution >= 4 is 34.9 Å². The lowest BCUT2D eigenvalue weighted by Crippen LogP contribution is -2.05. The number of hydrogen-bond acceptors (Lipinski definition) is 2. The number of halogens is 2. The molecule has 0 unspecified atom stereocenters. The summed E-state index contributed by atoms with van der Waals surface area (Å²) in [6, 6.07) is 9.84. The number of ether oxygens (including phenoxy) is 1. The minimum Gasteiger partial charge on any atom is -0.471 e. The summed E-state index contributed by atoms with van der Waals surface area (Å²) in [5.74, 6) is 1.53. The molecule has 0 N–H and O–H groups in total. The Morgan fingerprint density at radius 2 is 1.88 bits per heavy atom. The summed E-state index contributed by atoms with van der Waals surface area (Å²) in [6.07, 6.45) is 4.51. The van der Waals surface area contributed by atoms with Gasteiger partial charge in [0.15, 0.2) is 0 Å². The Hall–Kier alpha value is -1.71. The second kappa shape index (κ2) is 7.27. The van der Waals surface area contributed by atoms with Crippen molar-refractivity contribution in [1.29, 1.82) is 0 Å². The molecule has 0 bridgehead atoms. The van der Waals surface area contributed by atoms with Crippen LogP contribution < -0.4 is 4.74 Å². The van der Waals surface area contributed by atoms with Gasteiger partial charge in [-0.25, -0.2) is 4.98 Å². The molecule has 0 aliphatic heterocycles. The van der Waals surface area contributed by atoms with Crippen molar-refractivity contribution in [3.8, 4) is 5.88 Å². The lowest BCUT2D eigenvalue weighted by molar-refractivity contribution is 0.296. The molecule has 0 atom stereocenters. The molecular formula is C20H22Cl2N2O. The smallest absolute Gasteiger partial charge is 0.238 e. The lowest BCUT2D eigenvalue weighted by atomic mass is 10.2. The lowest BCUT2D eigenvalue weighted by Gasteiger charge is -2.11. The third-order valence-corrected chi connectivity index (χ3v) is 5.19. The largest absolute Gasteiger partial charge is 0.471 e. The zero-order chi connectivity index (χ0) is 16.7. The van der Waals surface area contributed by atoms with Crippen molar-refractivity contribution in [2.45, 2.75) is 39.8 Å². The van der Waals surface area contributed by atoms with Crippen molar-refractivity contribution in [1.82, 2.24) is 9.55 Å². The molecule has 5 heteroatoms. The van der Waals surface area contributed by atoms with E-state index in [-0.39, 0.29) is 12.4 Å². The molecule has 132 valence electrons. The Morgan fingerprint density at radius 3 is 2.56 bits per heavy atom. The zero-order valence-electron chi connectivity index (χ0n) is 14.5. The molecule has 1 aliphatic carbocycles. The monoisotopic (exact) mass is 376 g/mol. The summed E-state index contributed by atoms with van der Waals surface area (Å²) in [7, 11) is 0. The van der Waals surface area contributed by atoms with Crippen LogP contribution in [0.1, 0.15) is 29.7 Å². The minimum absolute atomic E-state index is 0. The van der Waals surface area contributed by atoms with E-state index in [1.54, 1.807) is 0 Å². The third-order valence-electron chi connectivity index (χ3n) is 4.94. The fourth-order valence-corrected chi connectivity index (χ4v) is 3.31. The van der Waals surface area contributed by atoms with Gasteiger partial charge in [0.05, 0.1) is 0 Å². The number of rotatable bonds is 5. The molecule has 0 radical (unpaired) electrons. The van der Waals surface area contributed by atoms with Crippen LogP contribution >= 0.6 is 24.0 Å². The first-order chi connectivity index (χ1) is 11.6. The number of hydrogen-bond donors (Lipinski definition) is 0. The molecule has 0 amide bonds. The highest BCUT2D eigenvalue weighted by atomic mass is 35.5. The standard InChI is InChI=1S/C20H21ClN2O.ClH/c1-13-14(2)23(11-15-3-4-15)19-18(13)9-10-22-20(19)24-12-16-5-7-17(21)8-6-16;/h5-10,15H,3-4,11-12H2,1-2H3;1H. The van der Waals surface area contributed by atoms with E-state index in [0.29, 0.717) is 6.61 Å². The Bertz CT molecular complexity index is 883. The quantitative estimate of drug-likeness (QED) is 0.569. The minimum atomic E-state index is 0. The molecule has 0 saturated heterocycles. The van der Waals surface area contributed by atoms with Crippen LogP contribution in [-0.4, -0.2) is 9.55 Å². The van der Waals surface area contributed by atoms with E-state index in [2.05, 4.69) is 29.5 Å². The van der Waals surface area contributed by atoms with E-state index in [1.807, 2.05) is 30.5 Å². The van der Waals surface area contributed by atoms with Gasteiger partial charge in [-0.2, -0.15) is 0 Å². The summed E-state index contributed by atoms with van der Waals surface area (Å²) in [6.45, 7) is 5.94. The highest BCUT2D eigenvalue weighted by molar-refractivity contribution is 6.30. The molecule has 1 fully saturated rings. The van der Waals surface area contributed by atoms with Crippen LogP contribution in [0.5, 0.6) is 5.88 Å². The Labute approximate surface area is 159 Å². The van der Waals surface area contributed by atoms with E-state index in [4.69, 9.17) is 16.3 Å². The van der Waals surface area contributed by atoms with Gasteiger partial charge in [-0.1, -0.05) is 23.7 Å². The van der Waals surface area contributed by atoms with Gasteiger partial charge in [0.25, 0.3) is 0 Å². The Kier molecular flexibility index (Phi) is 5.26. The van der Waals surface area contributed by atoms with Gasteiger partial charge < -0.3 is 9.30 Å². The van der Waals surface area contributed by atoms with Crippen molar-refractivity contribution in [2.75, 3.05) is 0 Å². The molecule has 2 aromatic heterocycles. The topological polar surface area (TPSA) is 27.1 Å². The molecule has 1 aliphatic rings. The Balaban J connectivity index is 0.00000182. The van der Waals surface area contributed by atoms with E-state index in [9.17, 15) is 0 Å². The molecule has 25 heavy (non-hydrogen) atoms. The van der Waals surface area contributed by atoms with Crippen LogP contribution in [0.4, 0.5) is 0 Å². The summed E-state index contributed by atoms with van der Waals surface area (Å²) >= 11 is 5.95. The van der Waals surface area contributed by atoms with Gasteiger partial charge in [-0.05, 0) is 61.9 Å². The van der Waals surface area contributed by atoms with E-state index in [1.165, 1.54) is 29.5 Å². The first kappa shape index (κ1) is 18.1. The summed E-state index contributed by atoms with van der Waals surface area (Å²) < 4.78 is 8.48. The number of benzene rings is 1. The second-order valence-corrected chi connectivity index (χ2v) is 7.13. The van der Waals surface area contributed by atoms with E-state index in [0.717, 1.165) is 34.4 Å². The molecule has 1 aromatic carbocycles. The molecule has 3 nitrogen and oxygen atoms in total. The highest BCUT2D eigenvalue weighted by Gasteiger charge is 2.25. The normalized spacial score (nSPS) is 13.7. The van der Waals surface area contributed by atoms with Gasteiger partial charge in [-0.3, -0.25) is 0 Å². The molecule has 1 saturated carbocycles. The predicted octanol–water partition coefficient (Wildman–Crippen LogP) is 5.72. The Morgan fingerprint density at radius 1 is 1.16 bits per heavy atom. The first-order valence-electron chi connectivity index (χ1n) is 8.45. The van der Waals surface area contributed by atoms with Crippen molar-refractivity contribution in [2.24, 2.45) is 5.92 Å². The molecular weight excluding hydrogens is 355 g/mol. The van der Waals surface area contributed by atoms with Gasteiger partial charge >= 0.3 is 0 Å². The number of aryl methyl sites for hydroxylation is 1. The summed E-state index contributed by atoms with van der Waals surface area (Å²) in [4.78, 5) is 4.51. The molecule has 2 heterocycles. The van der Waals surface area contributed by atoms with Gasteiger partial charge in [0, 0.05) is 28.8 Å². The number of aromatic nitrogens is 2. The first-order valence-corrected chi connectivity index (χ1v) is 8.83. The number of pyridine rings is 1. The van der Waals surface area contributed by atoms with Crippen LogP contribution in [0, 0.1) is 19.8 Å². The fourth-order valence-electron chi connectivity index (χ4n) is 3.19. The summed E-state index contributed by atoms with van der Waals surface area (Å²) in [5.41, 5.74) is 4.87. The molecule has 4 rings (SSSR count). The van der Waals surface area contributed by atoms with Crippen LogP contribution in [-0.2, 0) is 13.2 Å².